The van der Waals surface area contributed by atoms with E-state index in [1.165, 1.54) is 6.07 Å². The van der Waals surface area contributed by atoms with Crippen LogP contribution in [0.1, 0.15) is 31.0 Å². The number of carbonyl (C=O) groups is 2. The lowest BCUT2D eigenvalue weighted by molar-refractivity contribution is 0.0925. The van der Waals surface area contributed by atoms with Crippen LogP contribution in [-0.2, 0) is 16.1 Å². The van der Waals surface area contributed by atoms with E-state index in [0.29, 0.717) is 5.56 Å². The maximum atomic E-state index is 13.7. The zero-order chi connectivity index (χ0) is 20.5. The molecule has 2 atom stereocenters. The van der Waals surface area contributed by atoms with Crippen LogP contribution in [0.15, 0.2) is 42.6 Å². The Morgan fingerprint density at radius 1 is 1.21 bits per heavy atom. The van der Waals surface area contributed by atoms with Gasteiger partial charge in [-0.25, -0.2) is 19.0 Å². The second kappa shape index (κ2) is 10.1. The SMILES string of the molecule is C[C@@H](COC(N)=O)Oc1ncc(F)cc1[C@@H](C)NC(=O)OCc1ccccc1. The van der Waals surface area contributed by atoms with Crippen molar-refractivity contribution in [2.75, 3.05) is 6.61 Å². The van der Waals surface area contributed by atoms with E-state index in [1.54, 1.807) is 13.8 Å². The van der Waals surface area contributed by atoms with Gasteiger partial charge in [0, 0.05) is 5.56 Å². The molecule has 2 amide bonds. The number of hydrogen-bond acceptors (Lipinski definition) is 6. The molecule has 3 N–H and O–H groups in total. The molecule has 2 rings (SSSR count). The van der Waals surface area contributed by atoms with Gasteiger partial charge in [0.2, 0.25) is 5.88 Å². The van der Waals surface area contributed by atoms with E-state index < -0.39 is 30.1 Å². The standard InChI is InChI=1S/C19H22FN3O5/c1-12(10-26-18(21)24)28-17-16(8-15(20)9-22-17)13(2)23-19(25)27-11-14-6-4-3-5-7-14/h3-9,12-13H,10-11H2,1-2H3,(H2,21,24)(H,23,25)/t12-,13+/m0/s1. The van der Waals surface area contributed by atoms with Crippen LogP contribution in [-0.4, -0.2) is 29.9 Å². The first-order valence-electron chi connectivity index (χ1n) is 8.56. The molecule has 0 unspecified atom stereocenters. The number of ether oxygens (including phenoxy) is 3. The highest BCUT2D eigenvalue weighted by Crippen LogP contribution is 2.24. The van der Waals surface area contributed by atoms with Gasteiger partial charge in [-0.1, -0.05) is 30.3 Å². The predicted molar refractivity (Wildman–Crippen MR) is 98.0 cm³/mol. The van der Waals surface area contributed by atoms with Gasteiger partial charge in [0.1, 0.15) is 25.1 Å². The first-order chi connectivity index (χ1) is 13.3. The molecule has 2 aromatic rings. The van der Waals surface area contributed by atoms with Gasteiger partial charge < -0.3 is 25.3 Å². The number of pyridine rings is 1. The number of carbonyl (C=O) groups excluding carboxylic acids is 2. The van der Waals surface area contributed by atoms with Crippen LogP contribution in [0.4, 0.5) is 14.0 Å². The molecule has 1 aromatic heterocycles. The van der Waals surface area contributed by atoms with Gasteiger partial charge in [0.15, 0.2) is 0 Å². The third kappa shape index (κ3) is 6.75. The van der Waals surface area contributed by atoms with Crippen LogP contribution in [0.3, 0.4) is 0 Å². The molecule has 0 spiro atoms. The van der Waals surface area contributed by atoms with Gasteiger partial charge >= 0.3 is 12.2 Å². The van der Waals surface area contributed by atoms with Crippen molar-refractivity contribution in [3.63, 3.8) is 0 Å². The molecule has 0 fully saturated rings. The summed E-state index contributed by atoms with van der Waals surface area (Å²) in [6, 6.07) is 9.75. The van der Waals surface area contributed by atoms with Crippen LogP contribution in [0, 0.1) is 5.82 Å². The number of nitrogens with one attached hydrogen (secondary N) is 1. The van der Waals surface area contributed by atoms with Crippen molar-refractivity contribution in [1.29, 1.82) is 0 Å². The highest BCUT2D eigenvalue weighted by atomic mass is 19.1. The average Bonchev–Trinajstić information content (AvgIpc) is 2.67. The van der Waals surface area contributed by atoms with Crippen molar-refractivity contribution in [1.82, 2.24) is 10.3 Å². The topological polar surface area (TPSA) is 113 Å². The smallest absolute Gasteiger partial charge is 0.407 e. The van der Waals surface area contributed by atoms with E-state index in [-0.39, 0.29) is 19.1 Å². The van der Waals surface area contributed by atoms with Crippen molar-refractivity contribution in [2.45, 2.75) is 32.6 Å². The molecule has 1 aromatic carbocycles. The summed E-state index contributed by atoms with van der Waals surface area (Å²) >= 11 is 0. The lowest BCUT2D eigenvalue weighted by Crippen LogP contribution is -2.29. The number of benzene rings is 1. The molecule has 0 bridgehead atoms. The normalized spacial score (nSPS) is 12.5. The number of amides is 2. The summed E-state index contributed by atoms with van der Waals surface area (Å²) < 4.78 is 29.1. The summed E-state index contributed by atoms with van der Waals surface area (Å²) in [6.45, 7) is 3.27. The molecule has 0 aliphatic carbocycles. The van der Waals surface area contributed by atoms with Crippen LogP contribution >= 0.6 is 0 Å². The maximum absolute atomic E-state index is 13.7. The van der Waals surface area contributed by atoms with E-state index in [0.717, 1.165) is 11.8 Å². The number of rotatable bonds is 8. The number of aromatic nitrogens is 1. The zero-order valence-electron chi connectivity index (χ0n) is 15.6. The molecular weight excluding hydrogens is 369 g/mol. The summed E-state index contributed by atoms with van der Waals surface area (Å²) in [5.41, 5.74) is 6.06. The molecule has 1 heterocycles. The zero-order valence-corrected chi connectivity index (χ0v) is 15.6. The largest absolute Gasteiger partial charge is 0.471 e. The Labute approximate surface area is 161 Å². The lowest BCUT2D eigenvalue weighted by atomic mass is 10.1. The van der Waals surface area contributed by atoms with Gasteiger partial charge in [0.05, 0.1) is 12.2 Å². The molecule has 0 radical (unpaired) electrons. The average molecular weight is 391 g/mol. The molecule has 28 heavy (non-hydrogen) atoms. The molecular formula is C19H22FN3O5. The Hall–Kier alpha value is -3.36. The minimum atomic E-state index is -0.932. The Bertz CT molecular complexity index is 803. The predicted octanol–water partition coefficient (Wildman–Crippen LogP) is 3.07. The Kier molecular flexibility index (Phi) is 7.55. The van der Waals surface area contributed by atoms with E-state index in [9.17, 15) is 14.0 Å². The minimum Gasteiger partial charge on any atom is -0.471 e. The van der Waals surface area contributed by atoms with Crippen molar-refractivity contribution in [3.8, 4) is 5.88 Å². The van der Waals surface area contributed by atoms with Crippen LogP contribution in [0.25, 0.3) is 0 Å². The summed E-state index contributed by atoms with van der Waals surface area (Å²) in [7, 11) is 0. The van der Waals surface area contributed by atoms with E-state index in [2.05, 4.69) is 15.0 Å². The highest BCUT2D eigenvalue weighted by molar-refractivity contribution is 5.68. The molecule has 0 saturated carbocycles. The Balaban J connectivity index is 1.98. The van der Waals surface area contributed by atoms with Crippen LogP contribution in [0.2, 0.25) is 0 Å². The summed E-state index contributed by atoms with van der Waals surface area (Å²) in [4.78, 5) is 26.6. The van der Waals surface area contributed by atoms with Crippen molar-refractivity contribution in [2.24, 2.45) is 5.73 Å². The monoisotopic (exact) mass is 391 g/mol. The van der Waals surface area contributed by atoms with E-state index in [4.69, 9.17) is 15.2 Å². The maximum Gasteiger partial charge on any atom is 0.407 e. The first kappa shape index (κ1) is 20.9. The molecule has 0 aliphatic heterocycles. The second-order valence-electron chi connectivity index (χ2n) is 6.03. The third-order valence-corrected chi connectivity index (χ3v) is 3.63. The number of primary amides is 1. The molecule has 0 saturated heterocycles. The molecule has 0 aliphatic rings. The van der Waals surface area contributed by atoms with E-state index >= 15 is 0 Å². The molecule has 9 heteroatoms. The Morgan fingerprint density at radius 2 is 1.93 bits per heavy atom. The number of halogens is 1. The summed E-state index contributed by atoms with van der Waals surface area (Å²) in [6.07, 6.45) is -1.20. The fourth-order valence-electron chi connectivity index (χ4n) is 2.29. The number of hydrogen-bond donors (Lipinski definition) is 2. The second-order valence-corrected chi connectivity index (χ2v) is 6.03. The fraction of sp³-hybridized carbons (Fsp3) is 0.316. The quantitative estimate of drug-likeness (QED) is 0.715. The van der Waals surface area contributed by atoms with Crippen LogP contribution in [0.5, 0.6) is 5.88 Å². The molecule has 8 nitrogen and oxygen atoms in total. The number of nitrogens with zero attached hydrogens (tertiary/aromatic N) is 1. The number of alkyl carbamates (subject to hydrolysis) is 1. The van der Waals surface area contributed by atoms with E-state index in [1.807, 2.05) is 30.3 Å². The lowest BCUT2D eigenvalue weighted by Gasteiger charge is -2.20. The molecule has 150 valence electrons. The third-order valence-electron chi connectivity index (χ3n) is 3.63. The fourth-order valence-corrected chi connectivity index (χ4v) is 2.29. The van der Waals surface area contributed by atoms with Crippen LogP contribution < -0.4 is 15.8 Å². The number of nitrogens with two attached hydrogens (primary N) is 1. The summed E-state index contributed by atoms with van der Waals surface area (Å²) in [5.74, 6) is -0.493. The van der Waals surface area contributed by atoms with Gasteiger partial charge in [-0.15, -0.1) is 0 Å². The minimum absolute atomic E-state index is 0.0952. The van der Waals surface area contributed by atoms with Gasteiger partial charge in [0.25, 0.3) is 0 Å². The highest BCUT2D eigenvalue weighted by Gasteiger charge is 2.19. The van der Waals surface area contributed by atoms with Gasteiger partial charge in [-0.2, -0.15) is 0 Å². The van der Waals surface area contributed by atoms with Crippen molar-refractivity contribution >= 4 is 12.2 Å². The first-order valence-corrected chi connectivity index (χ1v) is 8.56. The Morgan fingerprint density at radius 3 is 2.61 bits per heavy atom. The van der Waals surface area contributed by atoms with Gasteiger partial charge in [-0.3, -0.25) is 0 Å². The van der Waals surface area contributed by atoms with Crippen molar-refractivity contribution < 1.29 is 28.2 Å². The summed E-state index contributed by atoms with van der Waals surface area (Å²) in [5, 5.41) is 2.60. The van der Waals surface area contributed by atoms with Gasteiger partial charge in [-0.05, 0) is 25.5 Å². The van der Waals surface area contributed by atoms with Crippen molar-refractivity contribution in [3.05, 3.63) is 59.5 Å².